The molecule has 0 amide bonds. The number of aromatic nitrogens is 1. The molecule has 1 aromatic rings. The molecule has 0 bridgehead atoms. The van der Waals surface area contributed by atoms with Gasteiger partial charge in [-0.25, -0.2) is 9.37 Å². The maximum Gasteiger partial charge on any atom is 0.182 e. The first-order valence-electron chi connectivity index (χ1n) is 4.53. The third kappa shape index (κ3) is 1.99. The molecule has 1 N–H and O–H groups in total. The van der Waals surface area contributed by atoms with Crippen LogP contribution in [0.2, 0.25) is 0 Å². The number of hydrogen-bond donors (Lipinski definition) is 1. The third-order valence-electron chi connectivity index (χ3n) is 2.43. The van der Waals surface area contributed by atoms with E-state index in [0.29, 0.717) is 19.4 Å². The Morgan fingerprint density at radius 1 is 1.69 bits per heavy atom. The molecule has 0 saturated heterocycles. The lowest BCUT2D eigenvalue weighted by molar-refractivity contribution is 0.0784. The van der Waals surface area contributed by atoms with Crippen LogP contribution in [0.15, 0.2) is 6.20 Å². The van der Waals surface area contributed by atoms with Crippen molar-refractivity contribution in [2.24, 2.45) is 0 Å². The number of nitrogens with zero attached hydrogens (tertiary/aromatic N) is 1. The summed E-state index contributed by atoms with van der Waals surface area (Å²) >= 11 is 1.57. The standard InChI is InChI=1S/C9H13FN2S/c1-7-5-11-8(13-7)12-6-9(10)3-2-4-9/h5H,2-4,6H2,1H3,(H,11,12). The second-order valence-electron chi connectivity index (χ2n) is 3.63. The smallest absolute Gasteiger partial charge is 0.182 e. The van der Waals surface area contributed by atoms with E-state index in [1.54, 1.807) is 17.5 Å². The zero-order chi connectivity index (χ0) is 9.31. The molecule has 1 heterocycles. The van der Waals surface area contributed by atoms with E-state index in [2.05, 4.69) is 10.3 Å². The first-order chi connectivity index (χ1) is 6.18. The fraction of sp³-hybridized carbons (Fsp3) is 0.667. The normalized spacial score (nSPS) is 19.5. The molecule has 1 aliphatic carbocycles. The summed E-state index contributed by atoms with van der Waals surface area (Å²) in [4.78, 5) is 5.27. The van der Waals surface area contributed by atoms with Crippen LogP contribution in [0.3, 0.4) is 0 Å². The Bertz CT molecular complexity index is 294. The second kappa shape index (κ2) is 3.25. The van der Waals surface area contributed by atoms with Crippen LogP contribution >= 0.6 is 11.3 Å². The van der Waals surface area contributed by atoms with Crippen molar-refractivity contribution in [3.05, 3.63) is 11.1 Å². The fourth-order valence-corrected chi connectivity index (χ4v) is 2.07. The molecule has 1 saturated carbocycles. The molecule has 4 heteroatoms. The lowest BCUT2D eigenvalue weighted by Gasteiger charge is -2.33. The average molecular weight is 200 g/mol. The number of aryl methyl sites for hydroxylation is 1. The highest BCUT2D eigenvalue weighted by Crippen LogP contribution is 2.35. The van der Waals surface area contributed by atoms with Crippen LogP contribution in [0, 0.1) is 6.92 Å². The van der Waals surface area contributed by atoms with Crippen molar-refractivity contribution in [2.75, 3.05) is 11.9 Å². The van der Waals surface area contributed by atoms with Gasteiger partial charge in [0, 0.05) is 11.1 Å². The Hall–Kier alpha value is -0.640. The van der Waals surface area contributed by atoms with Gasteiger partial charge < -0.3 is 5.32 Å². The zero-order valence-electron chi connectivity index (χ0n) is 7.64. The van der Waals surface area contributed by atoms with Gasteiger partial charge in [0.25, 0.3) is 0 Å². The van der Waals surface area contributed by atoms with E-state index < -0.39 is 5.67 Å². The first-order valence-corrected chi connectivity index (χ1v) is 5.35. The monoisotopic (exact) mass is 200 g/mol. The Morgan fingerprint density at radius 2 is 2.46 bits per heavy atom. The number of halogens is 1. The number of hydrogen-bond acceptors (Lipinski definition) is 3. The molecule has 0 unspecified atom stereocenters. The minimum Gasteiger partial charge on any atom is -0.358 e. The van der Waals surface area contributed by atoms with Gasteiger partial charge in [-0.3, -0.25) is 0 Å². The van der Waals surface area contributed by atoms with Crippen LogP contribution in [-0.2, 0) is 0 Å². The van der Waals surface area contributed by atoms with Gasteiger partial charge >= 0.3 is 0 Å². The maximum absolute atomic E-state index is 13.5. The van der Waals surface area contributed by atoms with E-state index in [1.165, 1.54) is 0 Å². The van der Waals surface area contributed by atoms with Crippen molar-refractivity contribution in [3.63, 3.8) is 0 Å². The SMILES string of the molecule is Cc1cnc(NCC2(F)CCC2)s1. The molecule has 1 fully saturated rings. The summed E-state index contributed by atoms with van der Waals surface area (Å²) in [6.45, 7) is 2.41. The van der Waals surface area contributed by atoms with Crippen molar-refractivity contribution >= 4 is 16.5 Å². The Labute approximate surface area is 81.2 Å². The summed E-state index contributed by atoms with van der Waals surface area (Å²) in [5, 5.41) is 3.87. The predicted molar refractivity (Wildman–Crippen MR) is 53.0 cm³/mol. The molecule has 0 radical (unpaired) electrons. The topological polar surface area (TPSA) is 24.9 Å². The van der Waals surface area contributed by atoms with Crippen LogP contribution in [0.1, 0.15) is 24.1 Å². The van der Waals surface area contributed by atoms with Gasteiger partial charge in [-0.05, 0) is 26.2 Å². The van der Waals surface area contributed by atoms with Gasteiger partial charge in [-0.1, -0.05) is 0 Å². The van der Waals surface area contributed by atoms with E-state index >= 15 is 0 Å². The number of thiazole rings is 1. The second-order valence-corrected chi connectivity index (χ2v) is 4.87. The van der Waals surface area contributed by atoms with Crippen molar-refractivity contribution in [1.29, 1.82) is 0 Å². The van der Waals surface area contributed by atoms with Crippen LogP contribution in [0.4, 0.5) is 9.52 Å². The molecule has 0 aromatic carbocycles. The molecule has 2 rings (SSSR count). The molecule has 0 atom stereocenters. The molecule has 13 heavy (non-hydrogen) atoms. The van der Waals surface area contributed by atoms with Gasteiger partial charge in [0.1, 0.15) is 5.67 Å². The molecule has 0 spiro atoms. The Balaban J connectivity index is 1.85. The summed E-state index contributed by atoms with van der Waals surface area (Å²) < 4.78 is 13.5. The minimum atomic E-state index is -0.959. The van der Waals surface area contributed by atoms with Crippen LogP contribution in [-0.4, -0.2) is 17.2 Å². The number of anilines is 1. The van der Waals surface area contributed by atoms with Gasteiger partial charge in [-0.15, -0.1) is 11.3 Å². The van der Waals surface area contributed by atoms with E-state index in [1.807, 2.05) is 6.92 Å². The number of rotatable bonds is 3. The third-order valence-corrected chi connectivity index (χ3v) is 3.30. The average Bonchev–Trinajstić information content (AvgIpc) is 2.44. The largest absolute Gasteiger partial charge is 0.358 e. The van der Waals surface area contributed by atoms with Crippen LogP contribution < -0.4 is 5.32 Å². The van der Waals surface area contributed by atoms with E-state index in [9.17, 15) is 4.39 Å². The fourth-order valence-electron chi connectivity index (χ4n) is 1.41. The summed E-state index contributed by atoms with van der Waals surface area (Å²) in [5.74, 6) is 0. The van der Waals surface area contributed by atoms with Gasteiger partial charge in [0.2, 0.25) is 0 Å². The van der Waals surface area contributed by atoms with Crippen molar-refractivity contribution in [2.45, 2.75) is 31.9 Å². The lowest BCUT2D eigenvalue weighted by atomic mass is 9.82. The lowest BCUT2D eigenvalue weighted by Crippen LogP contribution is -2.39. The molecule has 72 valence electrons. The Morgan fingerprint density at radius 3 is 2.92 bits per heavy atom. The first kappa shape index (κ1) is 8.94. The summed E-state index contributed by atoms with van der Waals surface area (Å²) in [7, 11) is 0. The summed E-state index contributed by atoms with van der Waals surface area (Å²) in [6.07, 6.45) is 4.22. The van der Waals surface area contributed by atoms with Crippen molar-refractivity contribution < 1.29 is 4.39 Å². The zero-order valence-corrected chi connectivity index (χ0v) is 8.46. The number of alkyl halides is 1. The van der Waals surface area contributed by atoms with Gasteiger partial charge in [0.05, 0.1) is 6.54 Å². The Kier molecular flexibility index (Phi) is 2.24. The molecule has 2 nitrogen and oxygen atoms in total. The maximum atomic E-state index is 13.5. The highest BCUT2D eigenvalue weighted by molar-refractivity contribution is 7.15. The van der Waals surface area contributed by atoms with E-state index in [0.717, 1.165) is 16.4 Å². The van der Waals surface area contributed by atoms with Crippen molar-refractivity contribution in [1.82, 2.24) is 4.98 Å². The van der Waals surface area contributed by atoms with Crippen molar-refractivity contribution in [3.8, 4) is 0 Å². The van der Waals surface area contributed by atoms with Crippen LogP contribution in [0.25, 0.3) is 0 Å². The molecular formula is C9H13FN2S. The summed E-state index contributed by atoms with van der Waals surface area (Å²) in [5.41, 5.74) is -0.959. The molecular weight excluding hydrogens is 187 g/mol. The molecule has 1 aromatic heterocycles. The van der Waals surface area contributed by atoms with Crippen LogP contribution in [0.5, 0.6) is 0 Å². The predicted octanol–water partition coefficient (Wildman–Crippen LogP) is 2.76. The molecule has 1 aliphatic rings. The summed E-state index contributed by atoms with van der Waals surface area (Å²) in [6, 6.07) is 0. The van der Waals surface area contributed by atoms with E-state index in [-0.39, 0.29) is 0 Å². The molecule has 0 aliphatic heterocycles. The highest BCUT2D eigenvalue weighted by Gasteiger charge is 2.36. The number of nitrogens with one attached hydrogen (secondary N) is 1. The van der Waals surface area contributed by atoms with Gasteiger partial charge in [0.15, 0.2) is 5.13 Å². The minimum absolute atomic E-state index is 0.417. The van der Waals surface area contributed by atoms with Gasteiger partial charge in [-0.2, -0.15) is 0 Å². The van der Waals surface area contributed by atoms with E-state index in [4.69, 9.17) is 0 Å². The highest BCUT2D eigenvalue weighted by atomic mass is 32.1. The quantitative estimate of drug-likeness (QED) is 0.811.